The molecule has 0 radical (unpaired) electrons. The number of halogens is 2. The van der Waals surface area contributed by atoms with Crippen molar-refractivity contribution in [3.63, 3.8) is 0 Å². The van der Waals surface area contributed by atoms with Crippen molar-refractivity contribution in [3.05, 3.63) is 21.7 Å². The highest BCUT2D eigenvalue weighted by atomic mass is 35.5. The fraction of sp³-hybridized carbons (Fsp3) is 0.615. The summed E-state index contributed by atoms with van der Waals surface area (Å²) in [6, 6.07) is -0.0281. The molecule has 0 fully saturated rings. The third-order valence-electron chi connectivity index (χ3n) is 2.99. The molecular formula is C13H17Cl2N3O2. The Morgan fingerprint density at radius 2 is 2.00 bits per heavy atom. The summed E-state index contributed by atoms with van der Waals surface area (Å²) < 4.78 is 5.40. The second-order valence-electron chi connectivity index (χ2n) is 5.87. The SMILES string of the molecule is C[C@@H]1Cc2c(Cl)nc(Cl)nc2CN1C(=O)OC(C)(C)C. The Kier molecular flexibility index (Phi) is 4.12. The second kappa shape index (κ2) is 5.37. The summed E-state index contributed by atoms with van der Waals surface area (Å²) in [6.07, 6.45) is 0.228. The molecule has 1 atom stereocenters. The summed E-state index contributed by atoms with van der Waals surface area (Å²) in [5, 5.41) is 0.447. The van der Waals surface area contributed by atoms with Crippen LogP contribution in [0.3, 0.4) is 0 Å². The van der Waals surface area contributed by atoms with Gasteiger partial charge in [-0.15, -0.1) is 0 Å². The molecule has 1 aromatic rings. The van der Waals surface area contributed by atoms with Crippen LogP contribution in [-0.4, -0.2) is 32.6 Å². The zero-order valence-corrected chi connectivity index (χ0v) is 13.4. The molecule has 0 saturated carbocycles. The molecule has 0 saturated heterocycles. The fourth-order valence-corrected chi connectivity index (χ4v) is 2.59. The standard InChI is InChI=1S/C13H17Cl2N3O2/c1-7-5-8-9(16-11(15)17-10(8)14)6-18(7)12(19)20-13(2,3)4/h7H,5-6H2,1-4H3/t7-/m1/s1. The van der Waals surface area contributed by atoms with Gasteiger partial charge < -0.3 is 4.74 Å². The van der Waals surface area contributed by atoms with Gasteiger partial charge in [0.05, 0.1) is 12.2 Å². The molecule has 1 aliphatic rings. The van der Waals surface area contributed by atoms with Crippen LogP contribution in [0.15, 0.2) is 0 Å². The lowest BCUT2D eigenvalue weighted by molar-refractivity contribution is 0.0134. The Morgan fingerprint density at radius 3 is 2.60 bits per heavy atom. The number of carbonyl (C=O) groups excluding carboxylic acids is 1. The molecule has 1 amide bonds. The first kappa shape index (κ1) is 15.3. The number of hydrogen-bond acceptors (Lipinski definition) is 4. The van der Waals surface area contributed by atoms with E-state index in [1.54, 1.807) is 4.90 Å². The van der Waals surface area contributed by atoms with Crippen LogP contribution in [0, 0.1) is 0 Å². The number of carbonyl (C=O) groups is 1. The Labute approximate surface area is 128 Å². The van der Waals surface area contributed by atoms with Gasteiger partial charge >= 0.3 is 6.09 Å². The van der Waals surface area contributed by atoms with Crippen molar-refractivity contribution in [1.29, 1.82) is 0 Å². The summed E-state index contributed by atoms with van der Waals surface area (Å²) in [4.78, 5) is 21.9. The Hall–Kier alpha value is -1.07. The van der Waals surface area contributed by atoms with Gasteiger partial charge in [0.1, 0.15) is 10.8 Å². The predicted molar refractivity (Wildman–Crippen MR) is 77.0 cm³/mol. The molecule has 2 heterocycles. The van der Waals surface area contributed by atoms with Gasteiger partial charge in [-0.3, -0.25) is 4.90 Å². The average molecular weight is 318 g/mol. The van der Waals surface area contributed by atoms with Gasteiger partial charge in [0.15, 0.2) is 0 Å². The molecule has 0 N–H and O–H groups in total. The number of nitrogens with zero attached hydrogens (tertiary/aromatic N) is 3. The number of fused-ring (bicyclic) bond motifs is 1. The van der Waals surface area contributed by atoms with Gasteiger partial charge in [-0.05, 0) is 45.7 Å². The van der Waals surface area contributed by atoms with Crippen molar-refractivity contribution < 1.29 is 9.53 Å². The molecule has 1 aromatic heterocycles. The molecule has 5 nitrogen and oxygen atoms in total. The summed E-state index contributed by atoms with van der Waals surface area (Å²) in [7, 11) is 0. The summed E-state index contributed by atoms with van der Waals surface area (Å²) in [6.45, 7) is 7.78. The predicted octanol–water partition coefficient (Wildman–Crippen LogP) is 3.47. The number of aromatic nitrogens is 2. The fourth-order valence-electron chi connectivity index (χ4n) is 2.09. The van der Waals surface area contributed by atoms with Crippen molar-refractivity contribution in [2.75, 3.05) is 0 Å². The second-order valence-corrected chi connectivity index (χ2v) is 6.57. The van der Waals surface area contributed by atoms with E-state index in [1.807, 2.05) is 27.7 Å². The summed E-state index contributed by atoms with van der Waals surface area (Å²) >= 11 is 11.9. The quantitative estimate of drug-likeness (QED) is 0.543. The minimum atomic E-state index is -0.530. The average Bonchev–Trinajstić information content (AvgIpc) is 2.27. The topological polar surface area (TPSA) is 55.3 Å². The maximum absolute atomic E-state index is 12.2. The molecule has 0 bridgehead atoms. The number of rotatable bonds is 0. The molecule has 0 unspecified atom stereocenters. The normalized spacial score (nSPS) is 18.7. The monoisotopic (exact) mass is 317 g/mol. The number of amides is 1. The first-order valence-electron chi connectivity index (χ1n) is 6.38. The third-order valence-corrected chi connectivity index (χ3v) is 3.48. The van der Waals surface area contributed by atoms with Gasteiger partial charge in [-0.25, -0.2) is 14.8 Å². The van der Waals surface area contributed by atoms with Crippen molar-refractivity contribution in [3.8, 4) is 0 Å². The van der Waals surface area contributed by atoms with Crippen LogP contribution in [0.4, 0.5) is 4.79 Å². The van der Waals surface area contributed by atoms with Crippen LogP contribution in [0.5, 0.6) is 0 Å². The maximum atomic E-state index is 12.2. The minimum Gasteiger partial charge on any atom is -0.444 e. The van der Waals surface area contributed by atoms with Gasteiger partial charge in [-0.1, -0.05) is 11.6 Å². The van der Waals surface area contributed by atoms with E-state index in [4.69, 9.17) is 27.9 Å². The van der Waals surface area contributed by atoms with Crippen molar-refractivity contribution in [2.45, 2.75) is 52.3 Å². The summed E-state index contributed by atoms with van der Waals surface area (Å²) in [5.41, 5.74) is 1.00. The Bertz CT molecular complexity index is 543. The first-order valence-corrected chi connectivity index (χ1v) is 7.13. The Morgan fingerprint density at radius 1 is 1.35 bits per heavy atom. The summed E-state index contributed by atoms with van der Waals surface area (Å²) in [5.74, 6) is 0. The van der Waals surface area contributed by atoms with Gasteiger partial charge in [0.25, 0.3) is 0 Å². The molecule has 1 aliphatic heterocycles. The van der Waals surface area contributed by atoms with Crippen molar-refractivity contribution in [1.82, 2.24) is 14.9 Å². The maximum Gasteiger partial charge on any atom is 0.410 e. The van der Waals surface area contributed by atoms with E-state index in [0.29, 0.717) is 23.8 Å². The van der Waals surface area contributed by atoms with Gasteiger partial charge in [-0.2, -0.15) is 0 Å². The lowest BCUT2D eigenvalue weighted by Crippen LogP contribution is -2.45. The van der Waals surface area contributed by atoms with E-state index in [1.165, 1.54) is 0 Å². The van der Waals surface area contributed by atoms with E-state index in [-0.39, 0.29) is 17.4 Å². The minimum absolute atomic E-state index is 0.0281. The molecule has 0 aromatic carbocycles. The number of hydrogen-bond donors (Lipinski definition) is 0. The van der Waals surface area contributed by atoms with Crippen molar-refractivity contribution in [2.24, 2.45) is 0 Å². The Balaban J connectivity index is 2.25. The van der Waals surface area contributed by atoms with Crippen LogP contribution < -0.4 is 0 Å². The van der Waals surface area contributed by atoms with Crippen LogP contribution >= 0.6 is 23.2 Å². The molecule has 110 valence electrons. The third kappa shape index (κ3) is 3.33. The highest BCUT2D eigenvalue weighted by Gasteiger charge is 2.32. The molecular weight excluding hydrogens is 301 g/mol. The molecule has 20 heavy (non-hydrogen) atoms. The van der Waals surface area contributed by atoms with E-state index in [0.717, 1.165) is 5.56 Å². The highest BCUT2D eigenvalue weighted by Crippen LogP contribution is 2.28. The van der Waals surface area contributed by atoms with Crippen LogP contribution in [0.1, 0.15) is 39.0 Å². The van der Waals surface area contributed by atoms with E-state index < -0.39 is 5.60 Å². The van der Waals surface area contributed by atoms with Crippen LogP contribution in [-0.2, 0) is 17.7 Å². The zero-order chi connectivity index (χ0) is 15.1. The number of ether oxygens (including phenoxy) is 1. The first-order chi connectivity index (χ1) is 9.17. The smallest absolute Gasteiger partial charge is 0.410 e. The molecule has 7 heteroatoms. The zero-order valence-electron chi connectivity index (χ0n) is 11.9. The largest absolute Gasteiger partial charge is 0.444 e. The van der Waals surface area contributed by atoms with Crippen molar-refractivity contribution >= 4 is 29.3 Å². The van der Waals surface area contributed by atoms with E-state index in [2.05, 4.69) is 9.97 Å². The molecule has 2 rings (SSSR count). The van der Waals surface area contributed by atoms with E-state index >= 15 is 0 Å². The highest BCUT2D eigenvalue weighted by molar-refractivity contribution is 6.32. The molecule has 0 aliphatic carbocycles. The lowest BCUT2D eigenvalue weighted by atomic mass is 10.0. The van der Waals surface area contributed by atoms with Crippen LogP contribution in [0.2, 0.25) is 10.4 Å². The van der Waals surface area contributed by atoms with Gasteiger partial charge in [0, 0.05) is 11.6 Å². The van der Waals surface area contributed by atoms with E-state index in [9.17, 15) is 4.79 Å². The van der Waals surface area contributed by atoms with Gasteiger partial charge in [0.2, 0.25) is 5.28 Å². The van der Waals surface area contributed by atoms with Crippen LogP contribution in [0.25, 0.3) is 0 Å². The lowest BCUT2D eigenvalue weighted by Gasteiger charge is -2.35. The molecule has 0 spiro atoms.